The zero-order chi connectivity index (χ0) is 25.0. The highest BCUT2D eigenvalue weighted by atomic mass is 16.5. The summed E-state index contributed by atoms with van der Waals surface area (Å²) in [5.74, 6) is 0.388. The Hall–Kier alpha value is -2.89. The molecule has 1 aliphatic carbocycles. The van der Waals surface area contributed by atoms with Gasteiger partial charge in [0.25, 0.3) is 0 Å². The van der Waals surface area contributed by atoms with Crippen molar-refractivity contribution >= 4 is 12.0 Å². The summed E-state index contributed by atoms with van der Waals surface area (Å²) in [6.45, 7) is 14.2. The lowest BCUT2D eigenvalue weighted by Gasteiger charge is -2.23. The molecular formula is C28H39N3O3. The predicted molar refractivity (Wildman–Crippen MR) is 136 cm³/mol. The van der Waals surface area contributed by atoms with E-state index in [1.165, 1.54) is 0 Å². The molecule has 0 aliphatic heterocycles. The maximum Gasteiger partial charge on any atom is 0.407 e. The number of benzene rings is 1. The van der Waals surface area contributed by atoms with E-state index in [-0.39, 0.29) is 18.9 Å². The summed E-state index contributed by atoms with van der Waals surface area (Å²) in [6, 6.07) is 8.58. The second kappa shape index (κ2) is 10.6. The van der Waals surface area contributed by atoms with E-state index in [1.54, 1.807) is 0 Å². The van der Waals surface area contributed by atoms with Crippen LogP contribution < -0.4 is 10.6 Å². The van der Waals surface area contributed by atoms with Crippen LogP contribution in [0.25, 0.3) is 11.1 Å². The summed E-state index contributed by atoms with van der Waals surface area (Å²) in [7, 11) is 0. The van der Waals surface area contributed by atoms with Crippen LogP contribution in [0.5, 0.6) is 0 Å². The van der Waals surface area contributed by atoms with Crippen LogP contribution in [-0.4, -0.2) is 28.6 Å². The molecule has 2 amide bonds. The van der Waals surface area contributed by atoms with Crippen molar-refractivity contribution in [3.8, 4) is 11.1 Å². The maximum absolute atomic E-state index is 12.8. The van der Waals surface area contributed by atoms with E-state index in [9.17, 15) is 9.59 Å². The Bertz CT molecular complexity index is 1030. The smallest absolute Gasteiger partial charge is 0.407 e. The van der Waals surface area contributed by atoms with Crippen molar-refractivity contribution in [2.75, 3.05) is 0 Å². The van der Waals surface area contributed by atoms with Crippen LogP contribution in [0.15, 0.2) is 24.3 Å². The number of pyridine rings is 1. The molecule has 1 saturated carbocycles. The Morgan fingerprint density at radius 3 is 2.29 bits per heavy atom. The van der Waals surface area contributed by atoms with Crippen LogP contribution in [0.1, 0.15) is 75.5 Å². The normalized spacial score (nSPS) is 13.6. The van der Waals surface area contributed by atoms with Crippen LogP contribution in [0.2, 0.25) is 0 Å². The van der Waals surface area contributed by atoms with Crippen molar-refractivity contribution in [2.24, 2.45) is 5.92 Å². The quantitative estimate of drug-likeness (QED) is 0.546. The average molecular weight is 466 g/mol. The molecule has 1 aromatic carbocycles. The number of ether oxygens (including phenoxy) is 1. The van der Waals surface area contributed by atoms with E-state index in [4.69, 9.17) is 9.72 Å². The van der Waals surface area contributed by atoms with Crippen LogP contribution in [-0.2, 0) is 29.0 Å². The second-order valence-electron chi connectivity index (χ2n) is 10.9. The van der Waals surface area contributed by atoms with E-state index in [2.05, 4.69) is 55.7 Å². The average Bonchev–Trinajstić information content (AvgIpc) is 3.51. The van der Waals surface area contributed by atoms with Crippen molar-refractivity contribution in [3.05, 3.63) is 52.3 Å². The number of carbonyl (C=O) groups excluding carboxylic acids is 2. The number of rotatable bonds is 8. The third-order valence-corrected chi connectivity index (χ3v) is 5.74. The summed E-state index contributed by atoms with van der Waals surface area (Å²) in [4.78, 5) is 30.2. The summed E-state index contributed by atoms with van der Waals surface area (Å²) in [5, 5.41) is 5.95. The predicted octanol–water partition coefficient (Wildman–Crippen LogP) is 5.41. The fourth-order valence-corrected chi connectivity index (χ4v) is 3.99. The first-order chi connectivity index (χ1) is 15.9. The molecule has 0 spiro atoms. The van der Waals surface area contributed by atoms with Crippen molar-refractivity contribution < 1.29 is 14.3 Å². The summed E-state index contributed by atoms with van der Waals surface area (Å²) >= 11 is 0. The first-order valence-electron chi connectivity index (χ1n) is 12.3. The van der Waals surface area contributed by atoms with Crippen molar-refractivity contribution in [2.45, 2.75) is 92.3 Å². The Labute approximate surface area is 203 Å². The van der Waals surface area contributed by atoms with Gasteiger partial charge in [-0.2, -0.15) is 0 Å². The number of hydrogen-bond acceptors (Lipinski definition) is 4. The second-order valence-corrected chi connectivity index (χ2v) is 10.9. The number of aryl methyl sites for hydroxylation is 2. The highest BCUT2D eigenvalue weighted by Gasteiger charge is 2.26. The van der Waals surface area contributed by atoms with E-state index in [1.807, 2.05) is 27.7 Å². The number of aromatic nitrogens is 1. The minimum Gasteiger partial charge on any atom is -0.445 e. The Morgan fingerprint density at radius 1 is 1.09 bits per heavy atom. The van der Waals surface area contributed by atoms with E-state index in [0.717, 1.165) is 58.5 Å². The number of carbonyl (C=O) groups is 2. The van der Waals surface area contributed by atoms with Gasteiger partial charge in [-0.3, -0.25) is 9.78 Å². The Balaban J connectivity index is 2.08. The molecule has 1 fully saturated rings. The van der Waals surface area contributed by atoms with Crippen LogP contribution in [0.3, 0.4) is 0 Å². The van der Waals surface area contributed by atoms with Gasteiger partial charge in [-0.1, -0.05) is 43.7 Å². The monoisotopic (exact) mass is 465 g/mol. The first-order valence-corrected chi connectivity index (χ1v) is 12.3. The van der Waals surface area contributed by atoms with Crippen LogP contribution in [0, 0.1) is 19.8 Å². The molecule has 6 heteroatoms. The zero-order valence-electron chi connectivity index (χ0n) is 21.7. The fourth-order valence-electron chi connectivity index (χ4n) is 3.99. The highest BCUT2D eigenvalue weighted by molar-refractivity contribution is 5.84. The molecule has 0 atom stereocenters. The molecule has 1 aliphatic rings. The molecule has 184 valence electrons. The van der Waals surface area contributed by atoms with E-state index >= 15 is 0 Å². The lowest BCUT2D eigenvalue weighted by Crippen LogP contribution is -2.40. The van der Waals surface area contributed by atoms with Crippen molar-refractivity contribution in [3.63, 3.8) is 0 Å². The van der Waals surface area contributed by atoms with Gasteiger partial charge in [-0.15, -0.1) is 0 Å². The Morgan fingerprint density at radius 2 is 1.74 bits per heavy atom. The molecule has 0 unspecified atom stereocenters. The molecule has 0 bridgehead atoms. The number of alkyl carbamates (subject to hydrolysis) is 1. The highest BCUT2D eigenvalue weighted by Crippen LogP contribution is 2.34. The third kappa shape index (κ3) is 7.31. The third-order valence-electron chi connectivity index (χ3n) is 5.74. The molecule has 0 radical (unpaired) electrons. The standard InChI is InChI=1S/C28H39N3O3/c1-17(2)14-24-23(16-34-27(33)31-28(5,6)7)26(20-10-8-18(3)9-11-20)22(19(4)29-24)15-25(32)30-21-12-13-21/h8-11,17,21H,12-16H2,1-7H3,(H,30,32)(H,31,33). The summed E-state index contributed by atoms with van der Waals surface area (Å²) in [6.07, 6.45) is 2.63. The van der Waals surface area contributed by atoms with Gasteiger partial charge in [0.1, 0.15) is 6.61 Å². The molecule has 0 saturated heterocycles. The van der Waals surface area contributed by atoms with Gasteiger partial charge >= 0.3 is 6.09 Å². The molecular weight excluding hydrogens is 426 g/mol. The lowest BCUT2D eigenvalue weighted by molar-refractivity contribution is -0.120. The largest absolute Gasteiger partial charge is 0.445 e. The fraction of sp³-hybridized carbons (Fsp3) is 0.536. The molecule has 1 heterocycles. The van der Waals surface area contributed by atoms with Gasteiger partial charge < -0.3 is 15.4 Å². The Kier molecular flexibility index (Phi) is 8.01. The van der Waals surface area contributed by atoms with Crippen molar-refractivity contribution in [1.29, 1.82) is 0 Å². The number of amides is 2. The zero-order valence-corrected chi connectivity index (χ0v) is 21.7. The van der Waals surface area contributed by atoms with Crippen molar-refractivity contribution in [1.82, 2.24) is 15.6 Å². The molecule has 34 heavy (non-hydrogen) atoms. The van der Waals surface area contributed by atoms with Gasteiger partial charge in [-0.05, 0) is 76.5 Å². The van der Waals surface area contributed by atoms with Gasteiger partial charge in [0.2, 0.25) is 5.91 Å². The minimum absolute atomic E-state index is 0.00900. The molecule has 2 aromatic rings. The van der Waals surface area contributed by atoms with Crippen LogP contribution in [0.4, 0.5) is 4.79 Å². The van der Waals surface area contributed by atoms with Gasteiger partial charge in [0.15, 0.2) is 0 Å². The summed E-state index contributed by atoms with van der Waals surface area (Å²) < 4.78 is 5.70. The molecule has 6 nitrogen and oxygen atoms in total. The topological polar surface area (TPSA) is 80.3 Å². The minimum atomic E-state index is -0.466. The van der Waals surface area contributed by atoms with Gasteiger partial charge in [-0.25, -0.2) is 4.79 Å². The number of nitrogens with zero attached hydrogens (tertiary/aromatic N) is 1. The number of hydrogen-bond donors (Lipinski definition) is 2. The van der Waals surface area contributed by atoms with E-state index < -0.39 is 11.6 Å². The molecule has 3 rings (SSSR count). The SMILES string of the molecule is Cc1ccc(-c2c(CC(=O)NC3CC3)c(C)nc(CC(C)C)c2COC(=O)NC(C)(C)C)cc1. The first kappa shape index (κ1) is 25.7. The van der Waals surface area contributed by atoms with Crippen LogP contribution >= 0.6 is 0 Å². The lowest BCUT2D eigenvalue weighted by atomic mass is 9.88. The van der Waals surface area contributed by atoms with Gasteiger partial charge in [0.05, 0.1) is 6.42 Å². The number of nitrogens with one attached hydrogen (secondary N) is 2. The molecule has 1 aromatic heterocycles. The molecule has 2 N–H and O–H groups in total. The van der Waals surface area contributed by atoms with Gasteiger partial charge in [0, 0.05) is 28.5 Å². The maximum atomic E-state index is 12.8. The van der Waals surface area contributed by atoms with E-state index in [0.29, 0.717) is 12.0 Å². The summed E-state index contributed by atoms with van der Waals surface area (Å²) in [5.41, 5.74) is 6.26.